The molecule has 1 aromatic carbocycles. The number of hydrogen-bond donors (Lipinski definition) is 2. The Morgan fingerprint density at radius 3 is 2.77 bits per heavy atom. The van der Waals surface area contributed by atoms with E-state index >= 15 is 0 Å². The normalized spacial score (nSPS) is 24.5. The van der Waals surface area contributed by atoms with Gasteiger partial charge in [-0.1, -0.05) is 6.07 Å². The first-order valence-electron chi connectivity index (χ1n) is 9.41. The Morgan fingerprint density at radius 2 is 1.96 bits per heavy atom. The first-order valence-corrected chi connectivity index (χ1v) is 9.41. The maximum Gasteiger partial charge on any atom is 0.223 e. The molecule has 6 nitrogen and oxygen atoms in total. The molecule has 2 N–H and O–H groups in total. The smallest absolute Gasteiger partial charge is 0.223 e. The van der Waals surface area contributed by atoms with E-state index in [4.69, 9.17) is 9.47 Å². The van der Waals surface area contributed by atoms with Crippen LogP contribution in [0.3, 0.4) is 0 Å². The first kappa shape index (κ1) is 19.3. The van der Waals surface area contributed by atoms with Crippen molar-refractivity contribution in [2.75, 3.05) is 52.5 Å². The van der Waals surface area contributed by atoms with E-state index in [0.29, 0.717) is 19.1 Å². The molecule has 2 atom stereocenters. The molecule has 2 aliphatic heterocycles. The maximum atomic E-state index is 12.3. The molecule has 0 bridgehead atoms. The number of carbonyl (C=O) groups excluding carboxylic acids is 1. The van der Waals surface area contributed by atoms with Crippen LogP contribution in [0, 0.1) is 5.92 Å². The van der Waals surface area contributed by atoms with Crippen LogP contribution >= 0.6 is 12.4 Å². The number of ether oxygens (including phenoxy) is 2. The van der Waals surface area contributed by atoms with Crippen LogP contribution in [0.4, 0.5) is 0 Å². The number of halogens is 1. The lowest BCUT2D eigenvalue weighted by Crippen LogP contribution is -2.44. The number of carbonyl (C=O) groups is 1. The highest BCUT2D eigenvalue weighted by Crippen LogP contribution is 2.49. The van der Waals surface area contributed by atoms with Crippen molar-refractivity contribution >= 4 is 18.3 Å². The molecule has 1 aliphatic carbocycles. The van der Waals surface area contributed by atoms with E-state index in [-0.39, 0.29) is 24.2 Å². The number of amides is 1. The molecule has 2 heterocycles. The van der Waals surface area contributed by atoms with Crippen LogP contribution in [-0.4, -0.2) is 63.3 Å². The molecule has 1 saturated carbocycles. The Morgan fingerprint density at radius 1 is 1.19 bits per heavy atom. The summed E-state index contributed by atoms with van der Waals surface area (Å²) < 4.78 is 11.2. The van der Waals surface area contributed by atoms with Crippen LogP contribution in [-0.2, 0) is 4.79 Å². The van der Waals surface area contributed by atoms with E-state index in [2.05, 4.69) is 21.6 Å². The average molecular weight is 382 g/mol. The van der Waals surface area contributed by atoms with Gasteiger partial charge in [-0.2, -0.15) is 0 Å². The molecule has 144 valence electrons. The lowest BCUT2D eigenvalue weighted by atomic mass is 10.1. The summed E-state index contributed by atoms with van der Waals surface area (Å²) in [6, 6.07) is 6.07. The number of rotatable bonds is 6. The van der Waals surface area contributed by atoms with Gasteiger partial charge in [-0.25, -0.2) is 0 Å². The standard InChI is InChI=1S/C19H27N3O3.ClH/c23-19(21-4-1-7-22-8-5-20-6-9-22)16-13-15(16)14-2-3-17-18(12-14)25-11-10-24-17;/h2-3,12,15-16,20H,1,4-11,13H2,(H,21,23);1H. The fourth-order valence-corrected chi connectivity index (χ4v) is 3.72. The fraction of sp³-hybridized carbons (Fsp3) is 0.632. The second kappa shape index (κ2) is 8.93. The fourth-order valence-electron chi connectivity index (χ4n) is 3.72. The van der Waals surface area contributed by atoms with Crippen molar-refractivity contribution in [3.8, 4) is 11.5 Å². The van der Waals surface area contributed by atoms with Gasteiger partial charge in [0.05, 0.1) is 0 Å². The zero-order valence-electron chi connectivity index (χ0n) is 15.0. The van der Waals surface area contributed by atoms with E-state index in [1.165, 1.54) is 5.56 Å². The molecule has 2 unspecified atom stereocenters. The van der Waals surface area contributed by atoms with Gasteiger partial charge in [-0.15, -0.1) is 12.4 Å². The van der Waals surface area contributed by atoms with Crippen molar-refractivity contribution in [1.29, 1.82) is 0 Å². The van der Waals surface area contributed by atoms with E-state index in [1.807, 2.05) is 12.1 Å². The molecule has 26 heavy (non-hydrogen) atoms. The van der Waals surface area contributed by atoms with Crippen molar-refractivity contribution in [1.82, 2.24) is 15.5 Å². The highest BCUT2D eigenvalue weighted by molar-refractivity contribution is 5.85. The van der Waals surface area contributed by atoms with Crippen LogP contribution in [0.25, 0.3) is 0 Å². The van der Waals surface area contributed by atoms with Gasteiger partial charge in [-0.05, 0) is 43.0 Å². The van der Waals surface area contributed by atoms with Gasteiger partial charge in [0.2, 0.25) is 5.91 Å². The molecular weight excluding hydrogens is 354 g/mol. The number of piperazine rings is 1. The summed E-state index contributed by atoms with van der Waals surface area (Å²) >= 11 is 0. The molecule has 1 aromatic rings. The molecular formula is C19H28ClN3O3. The molecule has 0 spiro atoms. The van der Waals surface area contributed by atoms with Gasteiger partial charge < -0.3 is 25.0 Å². The maximum absolute atomic E-state index is 12.3. The summed E-state index contributed by atoms with van der Waals surface area (Å²) in [6.07, 6.45) is 1.95. The third-order valence-electron chi connectivity index (χ3n) is 5.28. The molecule has 1 amide bonds. The van der Waals surface area contributed by atoms with Gasteiger partial charge in [-0.3, -0.25) is 4.79 Å². The predicted octanol–water partition coefficient (Wildman–Crippen LogP) is 1.39. The molecule has 4 rings (SSSR count). The minimum absolute atomic E-state index is 0. The lowest BCUT2D eigenvalue weighted by molar-refractivity contribution is -0.122. The minimum Gasteiger partial charge on any atom is -0.486 e. The van der Waals surface area contributed by atoms with Crippen LogP contribution in [0.15, 0.2) is 18.2 Å². The van der Waals surface area contributed by atoms with E-state index in [9.17, 15) is 4.79 Å². The second-order valence-corrected chi connectivity index (χ2v) is 7.09. The van der Waals surface area contributed by atoms with E-state index < -0.39 is 0 Å². The Bertz CT molecular complexity index is 622. The summed E-state index contributed by atoms with van der Waals surface area (Å²) in [6.45, 7) is 7.42. The Balaban J connectivity index is 0.00000196. The summed E-state index contributed by atoms with van der Waals surface area (Å²) in [5.74, 6) is 2.25. The number of nitrogens with zero attached hydrogens (tertiary/aromatic N) is 1. The molecule has 7 heteroatoms. The van der Waals surface area contributed by atoms with Crippen molar-refractivity contribution in [3.63, 3.8) is 0 Å². The molecule has 1 saturated heterocycles. The monoisotopic (exact) mass is 381 g/mol. The van der Waals surface area contributed by atoms with Crippen molar-refractivity contribution in [2.45, 2.75) is 18.8 Å². The quantitative estimate of drug-likeness (QED) is 0.729. The third-order valence-corrected chi connectivity index (χ3v) is 5.28. The van der Waals surface area contributed by atoms with E-state index in [1.54, 1.807) is 0 Å². The highest BCUT2D eigenvalue weighted by atomic mass is 35.5. The predicted molar refractivity (Wildman–Crippen MR) is 102 cm³/mol. The number of nitrogens with one attached hydrogen (secondary N) is 2. The zero-order valence-corrected chi connectivity index (χ0v) is 15.9. The minimum atomic E-state index is 0. The molecule has 0 radical (unpaired) electrons. The zero-order chi connectivity index (χ0) is 17.1. The van der Waals surface area contributed by atoms with Gasteiger partial charge in [0.15, 0.2) is 11.5 Å². The molecule has 2 fully saturated rings. The number of benzene rings is 1. The summed E-state index contributed by atoms with van der Waals surface area (Å²) in [7, 11) is 0. The van der Waals surface area contributed by atoms with E-state index in [0.717, 1.165) is 63.6 Å². The summed E-state index contributed by atoms with van der Waals surface area (Å²) in [4.78, 5) is 14.8. The van der Waals surface area contributed by atoms with Crippen molar-refractivity contribution in [3.05, 3.63) is 23.8 Å². The topological polar surface area (TPSA) is 62.8 Å². The Hall–Kier alpha value is -1.50. The van der Waals surface area contributed by atoms with Crippen molar-refractivity contribution in [2.24, 2.45) is 5.92 Å². The third kappa shape index (κ3) is 4.61. The largest absolute Gasteiger partial charge is 0.486 e. The SMILES string of the molecule is Cl.O=C(NCCCN1CCNCC1)C1CC1c1ccc2c(c1)OCCO2. The van der Waals surface area contributed by atoms with Gasteiger partial charge in [0.1, 0.15) is 13.2 Å². The second-order valence-electron chi connectivity index (χ2n) is 7.09. The Kier molecular flexibility index (Phi) is 6.62. The van der Waals surface area contributed by atoms with Crippen molar-refractivity contribution < 1.29 is 14.3 Å². The van der Waals surface area contributed by atoms with Crippen LogP contribution in [0.5, 0.6) is 11.5 Å². The van der Waals surface area contributed by atoms with Gasteiger partial charge in [0, 0.05) is 38.6 Å². The van der Waals surface area contributed by atoms with Gasteiger partial charge in [0.25, 0.3) is 0 Å². The van der Waals surface area contributed by atoms with Gasteiger partial charge >= 0.3 is 0 Å². The molecule has 3 aliphatic rings. The first-order chi connectivity index (χ1) is 12.3. The summed E-state index contributed by atoms with van der Waals surface area (Å²) in [5.41, 5.74) is 1.19. The number of hydrogen-bond acceptors (Lipinski definition) is 5. The average Bonchev–Trinajstić information content (AvgIpc) is 3.46. The van der Waals surface area contributed by atoms with Crippen LogP contribution < -0.4 is 20.1 Å². The lowest BCUT2D eigenvalue weighted by Gasteiger charge is -2.27. The highest BCUT2D eigenvalue weighted by Gasteiger charge is 2.44. The summed E-state index contributed by atoms with van der Waals surface area (Å²) in [5, 5.41) is 6.47. The van der Waals surface area contributed by atoms with Crippen LogP contribution in [0.2, 0.25) is 0 Å². The number of fused-ring (bicyclic) bond motifs is 1. The Labute approximate surface area is 161 Å². The van der Waals surface area contributed by atoms with Crippen LogP contribution in [0.1, 0.15) is 24.3 Å². The molecule has 0 aromatic heterocycles.